The molecule has 0 saturated heterocycles. The summed E-state index contributed by atoms with van der Waals surface area (Å²) in [6.45, 7) is 2.14. The summed E-state index contributed by atoms with van der Waals surface area (Å²) in [5.41, 5.74) is 1.35. The van der Waals surface area contributed by atoms with E-state index in [4.69, 9.17) is 0 Å². The van der Waals surface area contributed by atoms with Crippen molar-refractivity contribution in [3.8, 4) is 0 Å². The third-order valence-corrected chi connectivity index (χ3v) is 1.18. The average Bonchev–Trinajstić information content (AvgIpc) is 1.90. The molecule has 0 aliphatic carbocycles. The molecule has 0 fully saturated rings. The molecular formula is C8H9V+. The summed E-state index contributed by atoms with van der Waals surface area (Å²) in [5.74, 6) is 0. The van der Waals surface area contributed by atoms with E-state index in [1.807, 2.05) is 18.2 Å². The molecule has 0 amide bonds. The molecule has 0 N–H and O–H groups in total. The Balaban J connectivity index is 0.000000640. The number of aryl methyl sites for hydroxylation is 1. The Bertz CT molecular complexity index is 146. The van der Waals surface area contributed by atoms with E-state index in [1.54, 1.807) is 0 Å². The zero-order valence-corrected chi connectivity index (χ0v) is 6.86. The van der Waals surface area contributed by atoms with Crippen LogP contribution in [0.5, 0.6) is 0 Å². The predicted octanol–water partition coefficient (Wildman–Crippen LogP) is 2.05. The maximum atomic E-state index is 3.01. The number of hydrogen-bond acceptors (Lipinski definition) is 0. The fourth-order valence-corrected chi connectivity index (χ4v) is 0.650. The first-order valence-electron chi connectivity index (χ1n) is 2.88. The topological polar surface area (TPSA) is 0 Å². The Morgan fingerprint density at radius 3 is 2.67 bits per heavy atom. The van der Waals surface area contributed by atoms with Crippen LogP contribution in [0.4, 0.5) is 0 Å². The molecule has 0 aliphatic rings. The fourth-order valence-electron chi connectivity index (χ4n) is 0.650. The van der Waals surface area contributed by atoms with Gasteiger partial charge in [-0.3, -0.25) is 0 Å². The molecular weight excluding hydrogens is 147 g/mol. The summed E-state index contributed by atoms with van der Waals surface area (Å²) in [6.07, 6.45) is 1.11. The van der Waals surface area contributed by atoms with Crippen molar-refractivity contribution in [3.63, 3.8) is 0 Å². The van der Waals surface area contributed by atoms with E-state index in [-0.39, 0.29) is 18.6 Å². The third kappa shape index (κ3) is 2.74. The fraction of sp³-hybridized carbons (Fsp3) is 0.250. The van der Waals surface area contributed by atoms with Crippen molar-refractivity contribution >= 4 is 0 Å². The van der Waals surface area contributed by atoms with Crippen molar-refractivity contribution in [2.24, 2.45) is 0 Å². The van der Waals surface area contributed by atoms with Gasteiger partial charge in [0.2, 0.25) is 0 Å². The van der Waals surface area contributed by atoms with Gasteiger partial charge >= 0.3 is 18.6 Å². The van der Waals surface area contributed by atoms with E-state index < -0.39 is 0 Å². The molecule has 0 heterocycles. The molecule has 0 aromatic heterocycles. The molecule has 0 spiro atoms. The van der Waals surface area contributed by atoms with E-state index >= 15 is 0 Å². The van der Waals surface area contributed by atoms with Crippen LogP contribution in [0.25, 0.3) is 0 Å². The SMILES string of the molecule is CCc1c[c-]ccc1.[V+2]. The average molecular weight is 156 g/mol. The van der Waals surface area contributed by atoms with Gasteiger partial charge in [0.1, 0.15) is 0 Å². The minimum atomic E-state index is 0. The molecule has 1 radical (unpaired) electrons. The molecule has 1 aromatic carbocycles. The van der Waals surface area contributed by atoms with Gasteiger partial charge in [-0.2, -0.15) is 35.9 Å². The standard InChI is InChI=1S/C8H9.V/c1-2-8-6-4-3-5-7-8;/h3-4,6-7H,2H2,1H3;/q-1;+2. The van der Waals surface area contributed by atoms with Crippen LogP contribution in [-0.4, -0.2) is 0 Å². The van der Waals surface area contributed by atoms with Gasteiger partial charge in [-0.25, -0.2) is 0 Å². The normalized spacial score (nSPS) is 8.11. The second-order valence-corrected chi connectivity index (χ2v) is 1.77. The molecule has 0 bridgehead atoms. The molecule has 0 atom stereocenters. The second kappa shape index (κ2) is 4.66. The van der Waals surface area contributed by atoms with Crippen LogP contribution in [0.15, 0.2) is 24.3 Å². The zero-order chi connectivity index (χ0) is 5.82. The van der Waals surface area contributed by atoms with Crippen molar-refractivity contribution in [2.45, 2.75) is 13.3 Å². The summed E-state index contributed by atoms with van der Waals surface area (Å²) >= 11 is 0. The Hall–Kier alpha value is -0.196. The summed E-state index contributed by atoms with van der Waals surface area (Å²) in [4.78, 5) is 0. The number of hydrogen-bond donors (Lipinski definition) is 0. The smallest absolute Gasteiger partial charge is 0.184 e. The van der Waals surface area contributed by atoms with Crippen LogP contribution in [0, 0.1) is 6.07 Å². The minimum Gasteiger partial charge on any atom is -0.184 e. The summed E-state index contributed by atoms with van der Waals surface area (Å²) in [5, 5.41) is 0. The van der Waals surface area contributed by atoms with Crippen molar-refractivity contribution in [1.82, 2.24) is 0 Å². The quantitative estimate of drug-likeness (QED) is 0.546. The summed E-state index contributed by atoms with van der Waals surface area (Å²) in [6, 6.07) is 11.1. The third-order valence-electron chi connectivity index (χ3n) is 1.18. The maximum Gasteiger partial charge on any atom is 2.00 e. The van der Waals surface area contributed by atoms with Crippen LogP contribution in [-0.2, 0) is 25.0 Å². The summed E-state index contributed by atoms with van der Waals surface area (Å²) in [7, 11) is 0. The Kier molecular flexibility index (Phi) is 4.56. The van der Waals surface area contributed by atoms with Gasteiger partial charge in [0, 0.05) is 0 Å². The van der Waals surface area contributed by atoms with Gasteiger partial charge in [0.05, 0.1) is 0 Å². The van der Waals surface area contributed by atoms with Crippen LogP contribution in [0.1, 0.15) is 12.5 Å². The molecule has 9 heavy (non-hydrogen) atoms. The van der Waals surface area contributed by atoms with E-state index in [0.717, 1.165) is 6.42 Å². The molecule has 45 valence electrons. The number of benzene rings is 1. The first kappa shape index (κ1) is 8.80. The van der Waals surface area contributed by atoms with Crippen molar-refractivity contribution in [2.75, 3.05) is 0 Å². The largest absolute Gasteiger partial charge is 2.00 e. The molecule has 1 rings (SSSR count). The van der Waals surface area contributed by atoms with E-state index in [0.29, 0.717) is 0 Å². The van der Waals surface area contributed by atoms with Gasteiger partial charge in [-0.1, -0.05) is 13.3 Å². The molecule has 0 aliphatic heterocycles. The molecule has 0 unspecified atom stereocenters. The van der Waals surface area contributed by atoms with Gasteiger partial charge in [0.25, 0.3) is 0 Å². The maximum absolute atomic E-state index is 3.01. The molecule has 0 nitrogen and oxygen atoms in total. The van der Waals surface area contributed by atoms with Crippen LogP contribution < -0.4 is 0 Å². The molecule has 1 aromatic rings. The van der Waals surface area contributed by atoms with Crippen LogP contribution in [0.3, 0.4) is 0 Å². The Morgan fingerprint density at radius 1 is 1.56 bits per heavy atom. The first-order valence-corrected chi connectivity index (χ1v) is 2.88. The predicted molar refractivity (Wildman–Crippen MR) is 34.7 cm³/mol. The molecule has 1 heteroatoms. The van der Waals surface area contributed by atoms with Crippen molar-refractivity contribution in [3.05, 3.63) is 35.9 Å². The zero-order valence-electron chi connectivity index (χ0n) is 5.46. The monoisotopic (exact) mass is 156 g/mol. The van der Waals surface area contributed by atoms with E-state index in [9.17, 15) is 0 Å². The second-order valence-electron chi connectivity index (χ2n) is 1.77. The Labute approximate surface area is 68.2 Å². The van der Waals surface area contributed by atoms with Crippen molar-refractivity contribution < 1.29 is 18.6 Å². The van der Waals surface area contributed by atoms with Crippen molar-refractivity contribution in [1.29, 1.82) is 0 Å². The first-order chi connectivity index (χ1) is 3.93. The van der Waals surface area contributed by atoms with Gasteiger partial charge < -0.3 is 0 Å². The van der Waals surface area contributed by atoms with Gasteiger partial charge in [0.15, 0.2) is 0 Å². The summed E-state index contributed by atoms with van der Waals surface area (Å²) < 4.78 is 0. The van der Waals surface area contributed by atoms with Crippen LogP contribution >= 0.6 is 0 Å². The Morgan fingerprint density at radius 2 is 2.33 bits per heavy atom. The molecule has 0 saturated carbocycles. The van der Waals surface area contributed by atoms with Crippen LogP contribution in [0.2, 0.25) is 0 Å². The van der Waals surface area contributed by atoms with Gasteiger partial charge in [-0.05, 0) is 0 Å². The van der Waals surface area contributed by atoms with E-state index in [2.05, 4.69) is 19.1 Å². The number of rotatable bonds is 1. The van der Waals surface area contributed by atoms with Gasteiger partial charge in [-0.15, -0.1) is 0 Å². The minimum absolute atomic E-state index is 0. The van der Waals surface area contributed by atoms with E-state index in [1.165, 1.54) is 5.56 Å².